The monoisotopic (exact) mass is 429 g/mol. The van der Waals surface area contributed by atoms with Crippen molar-refractivity contribution in [3.63, 3.8) is 0 Å². The fourth-order valence-electron chi connectivity index (χ4n) is 3.53. The van der Waals surface area contributed by atoms with Gasteiger partial charge in [0.25, 0.3) is 0 Å². The maximum Gasteiger partial charge on any atom is 0.248 e. The van der Waals surface area contributed by atoms with Gasteiger partial charge in [-0.3, -0.25) is 4.98 Å². The summed E-state index contributed by atoms with van der Waals surface area (Å²) >= 11 is 0. The average Bonchev–Trinajstić information content (AvgIpc) is 3.09. The highest BCUT2D eigenvalue weighted by Gasteiger charge is 2.41. The van der Waals surface area contributed by atoms with E-state index >= 15 is 0 Å². The number of para-hydroxylation sites is 1. The van der Waals surface area contributed by atoms with Crippen molar-refractivity contribution < 1.29 is 21.6 Å². The molecule has 0 saturated heterocycles. The molecule has 4 rings (SSSR count). The number of aromatic nitrogens is 2. The lowest BCUT2D eigenvalue weighted by Crippen LogP contribution is -2.38. The summed E-state index contributed by atoms with van der Waals surface area (Å²) in [5.41, 5.74) is -0.233. The number of hydrogen-bond donors (Lipinski definition) is 0. The number of allylic oxidation sites excluding steroid dienone is 3. The topological polar surface area (TPSA) is 75.8 Å². The molecule has 5 nitrogen and oxygen atoms in total. The molecule has 2 heterocycles. The van der Waals surface area contributed by atoms with Gasteiger partial charge in [0, 0.05) is 17.1 Å². The summed E-state index contributed by atoms with van der Waals surface area (Å²) in [5, 5.41) is 9.53. The van der Waals surface area contributed by atoms with E-state index < -0.39 is 32.2 Å². The molecule has 0 bridgehead atoms. The van der Waals surface area contributed by atoms with Crippen LogP contribution in [0.1, 0.15) is 18.9 Å². The van der Waals surface area contributed by atoms with Crippen LogP contribution in [0.5, 0.6) is 0 Å². The first-order valence-electron chi connectivity index (χ1n) is 8.83. The summed E-state index contributed by atoms with van der Waals surface area (Å²) in [5.74, 6) is -2.27. The summed E-state index contributed by atoms with van der Waals surface area (Å²) in [6.07, 6.45) is 5.55. The Balaban J connectivity index is 2.05. The van der Waals surface area contributed by atoms with Crippen LogP contribution in [0.15, 0.2) is 60.7 Å². The normalized spacial score (nSPS) is 19.0. The molecule has 1 aromatic carbocycles. The molecule has 0 spiro atoms. The van der Waals surface area contributed by atoms with Crippen LogP contribution in [-0.4, -0.2) is 22.1 Å². The third-order valence-corrected chi connectivity index (χ3v) is 7.33. The van der Waals surface area contributed by atoms with E-state index in [1.807, 2.05) is 6.07 Å². The quantitative estimate of drug-likeness (QED) is 0.610. The van der Waals surface area contributed by atoms with Gasteiger partial charge in [-0.2, -0.15) is 5.26 Å². The first kappa shape index (κ1) is 19.9. The van der Waals surface area contributed by atoms with E-state index in [2.05, 4.69) is 4.98 Å². The SMILES string of the molecule is CC1(S(=O)(=O)n2cc(-c3ncc(F)cc3C#N)c3cccc(F)c32)C=C(F)C=CC1. The molecule has 30 heavy (non-hydrogen) atoms. The Morgan fingerprint density at radius 1 is 1.27 bits per heavy atom. The molecule has 1 unspecified atom stereocenters. The molecule has 0 N–H and O–H groups in total. The maximum atomic E-state index is 14.8. The predicted octanol–water partition coefficient (Wildman–Crippen LogP) is 4.60. The van der Waals surface area contributed by atoms with Crippen molar-refractivity contribution in [1.82, 2.24) is 8.96 Å². The van der Waals surface area contributed by atoms with Gasteiger partial charge < -0.3 is 0 Å². The molecule has 0 fully saturated rings. The zero-order valence-corrected chi connectivity index (χ0v) is 16.4. The Morgan fingerprint density at radius 3 is 2.73 bits per heavy atom. The first-order valence-corrected chi connectivity index (χ1v) is 10.3. The summed E-state index contributed by atoms with van der Waals surface area (Å²) in [4.78, 5) is 3.93. The lowest BCUT2D eigenvalue weighted by molar-refractivity contribution is 0.544. The molecular formula is C21H14F3N3O2S. The van der Waals surface area contributed by atoms with Crippen LogP contribution in [0.3, 0.4) is 0 Å². The summed E-state index contributed by atoms with van der Waals surface area (Å²) < 4.78 is 68.2. The molecule has 0 saturated carbocycles. The van der Waals surface area contributed by atoms with Crippen molar-refractivity contribution in [1.29, 1.82) is 5.26 Å². The van der Waals surface area contributed by atoms with Crippen LogP contribution in [0.25, 0.3) is 22.2 Å². The van der Waals surface area contributed by atoms with Gasteiger partial charge in [-0.25, -0.2) is 25.6 Å². The standard InChI is InChI=1S/C21H14F3N3O2S/c1-21(7-3-4-14(22)9-21)30(28,29)27-12-17(16-5-2-6-18(24)20(16)27)19-13(10-25)8-15(23)11-26-19/h2-6,8-9,11-12H,7H2,1H3. The molecule has 1 aliphatic rings. The minimum absolute atomic E-state index is 0.00947. The second-order valence-corrected chi connectivity index (χ2v) is 9.37. The number of nitriles is 1. The van der Waals surface area contributed by atoms with Crippen LogP contribution in [-0.2, 0) is 10.0 Å². The summed E-state index contributed by atoms with van der Waals surface area (Å²) in [6, 6.07) is 6.74. The Morgan fingerprint density at radius 2 is 2.03 bits per heavy atom. The molecule has 152 valence electrons. The minimum atomic E-state index is -4.33. The zero-order chi connectivity index (χ0) is 21.7. The maximum absolute atomic E-state index is 14.8. The zero-order valence-electron chi connectivity index (χ0n) is 15.6. The molecule has 1 aliphatic carbocycles. The van der Waals surface area contributed by atoms with Crippen LogP contribution in [0.2, 0.25) is 0 Å². The fraction of sp³-hybridized carbons (Fsp3) is 0.143. The lowest BCUT2D eigenvalue weighted by Gasteiger charge is -2.27. The third-order valence-electron chi connectivity index (χ3n) is 5.07. The van der Waals surface area contributed by atoms with Crippen LogP contribution >= 0.6 is 0 Å². The van der Waals surface area contributed by atoms with Gasteiger partial charge in [0.1, 0.15) is 33.8 Å². The second kappa shape index (κ2) is 6.85. The van der Waals surface area contributed by atoms with Gasteiger partial charge in [-0.15, -0.1) is 0 Å². The Hall–Kier alpha value is -3.38. The van der Waals surface area contributed by atoms with Gasteiger partial charge in [-0.1, -0.05) is 18.2 Å². The van der Waals surface area contributed by atoms with E-state index in [0.717, 1.165) is 34.6 Å². The lowest BCUT2D eigenvalue weighted by atomic mass is 10.0. The summed E-state index contributed by atoms with van der Waals surface area (Å²) in [7, 11) is -4.33. The van der Waals surface area contributed by atoms with Gasteiger partial charge in [0.2, 0.25) is 10.0 Å². The van der Waals surface area contributed by atoms with Crippen molar-refractivity contribution in [2.24, 2.45) is 0 Å². The smallest absolute Gasteiger partial charge is 0.248 e. The van der Waals surface area contributed by atoms with E-state index in [1.165, 1.54) is 31.2 Å². The van der Waals surface area contributed by atoms with Crippen molar-refractivity contribution in [2.75, 3.05) is 0 Å². The fourth-order valence-corrected chi connectivity index (χ4v) is 5.22. The Labute approximate surface area is 170 Å². The van der Waals surface area contributed by atoms with Crippen molar-refractivity contribution in [3.8, 4) is 17.3 Å². The number of hydrogen-bond acceptors (Lipinski definition) is 4. The highest BCUT2D eigenvalue weighted by molar-refractivity contribution is 7.91. The van der Waals surface area contributed by atoms with Crippen molar-refractivity contribution in [2.45, 2.75) is 18.1 Å². The Kier molecular flexibility index (Phi) is 4.55. The highest BCUT2D eigenvalue weighted by atomic mass is 32.2. The van der Waals surface area contributed by atoms with E-state index in [4.69, 9.17) is 0 Å². The second-order valence-electron chi connectivity index (χ2n) is 7.09. The van der Waals surface area contributed by atoms with Crippen molar-refractivity contribution in [3.05, 3.63) is 77.9 Å². The van der Waals surface area contributed by atoms with Gasteiger partial charge in [0.05, 0.1) is 17.5 Å². The molecule has 0 amide bonds. The van der Waals surface area contributed by atoms with Gasteiger partial charge in [-0.05, 0) is 37.6 Å². The molecule has 1 atom stereocenters. The average molecular weight is 429 g/mol. The number of halogens is 3. The van der Waals surface area contributed by atoms with Gasteiger partial charge >= 0.3 is 0 Å². The van der Waals surface area contributed by atoms with E-state index in [0.29, 0.717) is 0 Å². The largest absolute Gasteiger partial charge is 0.252 e. The van der Waals surface area contributed by atoms with E-state index in [9.17, 15) is 26.9 Å². The number of benzene rings is 1. The number of pyridine rings is 1. The van der Waals surface area contributed by atoms with Crippen LogP contribution in [0, 0.1) is 23.0 Å². The van der Waals surface area contributed by atoms with Crippen LogP contribution in [0.4, 0.5) is 13.2 Å². The first-order chi connectivity index (χ1) is 14.2. The number of nitrogens with zero attached hydrogens (tertiary/aromatic N) is 3. The van der Waals surface area contributed by atoms with Crippen LogP contribution < -0.4 is 0 Å². The molecule has 0 radical (unpaired) electrons. The van der Waals surface area contributed by atoms with Gasteiger partial charge in [0.15, 0.2) is 0 Å². The van der Waals surface area contributed by atoms with E-state index in [-0.39, 0.29) is 34.1 Å². The Bertz CT molecular complexity index is 1400. The highest BCUT2D eigenvalue weighted by Crippen LogP contribution is 2.38. The minimum Gasteiger partial charge on any atom is -0.252 e. The van der Waals surface area contributed by atoms with Crippen molar-refractivity contribution >= 4 is 20.9 Å². The molecule has 3 aromatic rings. The van der Waals surface area contributed by atoms with E-state index in [1.54, 1.807) is 0 Å². The molecule has 9 heteroatoms. The number of fused-ring (bicyclic) bond motifs is 1. The molecular weight excluding hydrogens is 415 g/mol. The predicted molar refractivity (Wildman–Crippen MR) is 105 cm³/mol. The molecule has 2 aromatic heterocycles. The third kappa shape index (κ3) is 2.92. The number of rotatable bonds is 3. The molecule has 0 aliphatic heterocycles. The summed E-state index contributed by atoms with van der Waals surface area (Å²) in [6.45, 7) is 1.34.